The molecule has 6 nitrogen and oxygen atoms in total. The first-order valence-electron chi connectivity index (χ1n) is 9.68. The number of rotatable bonds is 6. The number of anilines is 1. The van der Waals surface area contributed by atoms with Crippen LogP contribution in [0.25, 0.3) is 0 Å². The van der Waals surface area contributed by atoms with Crippen LogP contribution >= 0.6 is 0 Å². The summed E-state index contributed by atoms with van der Waals surface area (Å²) in [4.78, 5) is 6.79. The highest BCUT2D eigenvalue weighted by Crippen LogP contribution is 2.42. The van der Waals surface area contributed by atoms with Crippen LogP contribution in [0.4, 0.5) is 5.82 Å². The number of piperidine rings is 1. The van der Waals surface area contributed by atoms with Gasteiger partial charge in [-0.3, -0.25) is 0 Å². The Morgan fingerprint density at radius 2 is 1.93 bits per heavy atom. The zero-order valence-corrected chi connectivity index (χ0v) is 16.3. The summed E-state index contributed by atoms with van der Waals surface area (Å²) in [5, 5.41) is 8.96. The van der Waals surface area contributed by atoms with Gasteiger partial charge in [0, 0.05) is 38.2 Å². The van der Waals surface area contributed by atoms with Gasteiger partial charge in [0.05, 0.1) is 5.56 Å². The molecule has 4 rings (SSSR count). The molecule has 0 N–H and O–H groups in total. The van der Waals surface area contributed by atoms with Crippen LogP contribution in [0.3, 0.4) is 0 Å². The minimum Gasteiger partial charge on any atom is -0.486 e. The molecule has 146 valence electrons. The number of methoxy groups -OCH3 is 1. The lowest BCUT2D eigenvalue weighted by molar-refractivity contribution is 0.0429. The highest BCUT2D eigenvalue weighted by atomic mass is 16.7. The third-order valence-electron chi connectivity index (χ3n) is 5.64. The molecule has 2 heterocycles. The van der Waals surface area contributed by atoms with Crippen LogP contribution in [0.15, 0.2) is 36.5 Å². The Hall–Kier alpha value is -2.78. The van der Waals surface area contributed by atoms with Crippen molar-refractivity contribution in [2.75, 3.05) is 31.9 Å². The Labute approximate surface area is 165 Å². The zero-order chi connectivity index (χ0) is 19.5. The van der Waals surface area contributed by atoms with Crippen molar-refractivity contribution in [1.29, 1.82) is 5.26 Å². The van der Waals surface area contributed by atoms with Crippen LogP contribution in [-0.2, 0) is 4.74 Å². The molecule has 28 heavy (non-hydrogen) atoms. The van der Waals surface area contributed by atoms with Crippen molar-refractivity contribution >= 4 is 5.82 Å². The number of ether oxygens (including phenoxy) is 3. The summed E-state index contributed by atoms with van der Waals surface area (Å²) >= 11 is 0. The standard InChI is InChI=1S/C22H25N3O3/c1-15-3-7-19(20(9-15)27-14-26-2)28-22-17-5-6-18(22)13-25(12-17)21-8-4-16(10-23)11-24-21/h3-4,7-9,11,17-18,22H,5-6,12-14H2,1-2H3/t17-,18+,22?. The molecular formula is C22H25N3O3. The maximum Gasteiger partial charge on any atom is 0.188 e. The molecule has 1 aromatic heterocycles. The number of aromatic nitrogens is 1. The van der Waals surface area contributed by atoms with E-state index in [1.54, 1.807) is 13.3 Å². The number of benzene rings is 1. The molecule has 0 spiro atoms. The van der Waals surface area contributed by atoms with Crippen molar-refractivity contribution < 1.29 is 14.2 Å². The van der Waals surface area contributed by atoms with Gasteiger partial charge >= 0.3 is 0 Å². The normalized spacial score (nSPS) is 23.3. The summed E-state index contributed by atoms with van der Waals surface area (Å²) in [7, 11) is 1.61. The lowest BCUT2D eigenvalue weighted by Gasteiger charge is -2.38. The average molecular weight is 379 g/mol. The van der Waals surface area contributed by atoms with Crippen LogP contribution in [0, 0.1) is 30.1 Å². The van der Waals surface area contributed by atoms with Crippen LogP contribution in [0.5, 0.6) is 11.5 Å². The van der Waals surface area contributed by atoms with Crippen molar-refractivity contribution in [1.82, 2.24) is 4.98 Å². The lowest BCUT2D eigenvalue weighted by atomic mass is 9.94. The summed E-state index contributed by atoms with van der Waals surface area (Å²) < 4.78 is 17.2. The first kappa shape index (κ1) is 18.6. The Bertz CT molecular complexity index is 848. The van der Waals surface area contributed by atoms with E-state index in [1.807, 2.05) is 37.3 Å². The first-order valence-corrected chi connectivity index (χ1v) is 9.68. The molecule has 6 heteroatoms. The second-order valence-corrected chi connectivity index (χ2v) is 7.60. The Morgan fingerprint density at radius 1 is 1.14 bits per heavy atom. The molecule has 0 radical (unpaired) electrons. The molecule has 3 atom stereocenters. The molecule has 1 saturated heterocycles. The van der Waals surface area contributed by atoms with Gasteiger partial charge in [-0.2, -0.15) is 5.26 Å². The van der Waals surface area contributed by atoms with Gasteiger partial charge in [0.1, 0.15) is 18.0 Å². The molecule has 1 aromatic carbocycles. The fourth-order valence-corrected chi connectivity index (χ4v) is 4.29. The minimum absolute atomic E-state index is 0.183. The van der Waals surface area contributed by atoms with Crippen LogP contribution in [0.1, 0.15) is 24.0 Å². The largest absolute Gasteiger partial charge is 0.486 e. The van der Waals surface area contributed by atoms with E-state index in [2.05, 4.69) is 16.0 Å². The Balaban J connectivity index is 1.48. The second kappa shape index (κ2) is 8.07. The summed E-state index contributed by atoms with van der Waals surface area (Å²) in [6, 6.07) is 11.9. The monoisotopic (exact) mass is 379 g/mol. The highest BCUT2D eigenvalue weighted by Gasteiger charge is 2.44. The number of fused-ring (bicyclic) bond motifs is 2. The maximum absolute atomic E-state index is 8.96. The van der Waals surface area contributed by atoms with Gasteiger partial charge in [0.15, 0.2) is 18.3 Å². The SMILES string of the molecule is COCOc1cc(C)ccc1OC1[C@@H]2CC[C@H]1CN(c1ccc(C#N)cn1)C2. The van der Waals surface area contributed by atoms with E-state index in [9.17, 15) is 0 Å². The third-order valence-corrected chi connectivity index (χ3v) is 5.64. The maximum atomic E-state index is 8.96. The van der Waals surface area contributed by atoms with Crippen LogP contribution < -0.4 is 14.4 Å². The Kier molecular flexibility index (Phi) is 5.36. The molecule has 2 fully saturated rings. The second-order valence-electron chi connectivity index (χ2n) is 7.60. The van der Waals surface area contributed by atoms with E-state index >= 15 is 0 Å². The molecule has 2 aliphatic rings. The van der Waals surface area contributed by atoms with E-state index in [1.165, 1.54) is 0 Å². The molecule has 2 aromatic rings. The van der Waals surface area contributed by atoms with Gasteiger partial charge in [-0.25, -0.2) is 4.98 Å². The van der Waals surface area contributed by atoms with Crippen molar-refractivity contribution in [3.63, 3.8) is 0 Å². The molecule has 1 aliphatic carbocycles. The summed E-state index contributed by atoms with van der Waals surface area (Å²) in [5.74, 6) is 3.36. The molecule has 1 aliphatic heterocycles. The van der Waals surface area contributed by atoms with Crippen molar-refractivity contribution in [2.45, 2.75) is 25.9 Å². The van der Waals surface area contributed by atoms with Crippen LogP contribution in [0.2, 0.25) is 0 Å². The summed E-state index contributed by atoms with van der Waals surface area (Å²) in [6.45, 7) is 4.08. The van der Waals surface area contributed by atoms with Crippen molar-refractivity contribution in [2.24, 2.45) is 11.8 Å². The zero-order valence-electron chi connectivity index (χ0n) is 16.3. The highest BCUT2D eigenvalue weighted by molar-refractivity contribution is 5.45. The number of hydrogen-bond donors (Lipinski definition) is 0. The molecule has 1 unspecified atom stereocenters. The number of nitrogens with zero attached hydrogens (tertiary/aromatic N) is 3. The quantitative estimate of drug-likeness (QED) is 0.715. The van der Waals surface area contributed by atoms with E-state index in [0.717, 1.165) is 48.8 Å². The third kappa shape index (κ3) is 3.76. The first-order chi connectivity index (χ1) is 13.7. The fraction of sp³-hybridized carbons (Fsp3) is 0.455. The predicted octanol–water partition coefficient (Wildman–Crippen LogP) is 3.54. The van der Waals surface area contributed by atoms with Crippen molar-refractivity contribution in [3.05, 3.63) is 47.7 Å². The summed E-state index contributed by atoms with van der Waals surface area (Å²) in [5.41, 5.74) is 1.72. The van der Waals surface area contributed by atoms with Gasteiger partial charge in [-0.1, -0.05) is 6.07 Å². The van der Waals surface area contributed by atoms with Gasteiger partial charge in [-0.05, 0) is 49.6 Å². The van der Waals surface area contributed by atoms with E-state index in [0.29, 0.717) is 17.4 Å². The number of hydrogen-bond acceptors (Lipinski definition) is 6. The fourth-order valence-electron chi connectivity index (χ4n) is 4.29. The number of aryl methyl sites for hydroxylation is 1. The predicted molar refractivity (Wildman–Crippen MR) is 105 cm³/mol. The van der Waals surface area contributed by atoms with Gasteiger partial charge in [0.2, 0.25) is 0 Å². The molecule has 1 saturated carbocycles. The van der Waals surface area contributed by atoms with E-state index < -0.39 is 0 Å². The average Bonchev–Trinajstić information content (AvgIpc) is 2.95. The molecule has 2 bridgehead atoms. The van der Waals surface area contributed by atoms with Gasteiger partial charge in [-0.15, -0.1) is 0 Å². The number of pyridine rings is 1. The van der Waals surface area contributed by atoms with Crippen LogP contribution in [-0.4, -0.2) is 38.1 Å². The van der Waals surface area contributed by atoms with E-state index in [-0.39, 0.29) is 12.9 Å². The smallest absolute Gasteiger partial charge is 0.188 e. The number of nitriles is 1. The molecule has 0 amide bonds. The van der Waals surface area contributed by atoms with E-state index in [4.69, 9.17) is 19.5 Å². The summed E-state index contributed by atoms with van der Waals surface area (Å²) in [6.07, 6.45) is 4.14. The lowest BCUT2D eigenvalue weighted by Crippen LogP contribution is -2.47. The van der Waals surface area contributed by atoms with Gasteiger partial charge in [0.25, 0.3) is 0 Å². The minimum atomic E-state index is 0.183. The topological polar surface area (TPSA) is 67.6 Å². The Morgan fingerprint density at radius 3 is 2.57 bits per heavy atom. The van der Waals surface area contributed by atoms with Gasteiger partial charge < -0.3 is 19.1 Å². The van der Waals surface area contributed by atoms with Crippen molar-refractivity contribution in [3.8, 4) is 17.6 Å². The molecular weight excluding hydrogens is 354 g/mol.